The molecule has 3 atom stereocenters. The zero-order chi connectivity index (χ0) is 22.6. The number of hydrogen-bond donors (Lipinski definition) is 1. The zero-order valence-electron chi connectivity index (χ0n) is 18.2. The van der Waals surface area contributed by atoms with Crippen LogP contribution < -0.4 is 5.32 Å². The number of likely N-dealkylation sites (tertiary alicyclic amines) is 1. The molecule has 9 heteroatoms. The fraction of sp³-hybridized carbons (Fsp3) is 0.636. The normalized spacial score (nSPS) is 23.6. The van der Waals surface area contributed by atoms with Crippen molar-refractivity contribution in [2.24, 2.45) is 5.92 Å². The summed E-state index contributed by atoms with van der Waals surface area (Å²) >= 11 is 6.09. The SMILES string of the molecule is CCN(CCCNC(=O)C1CC2CCCCC2N1C(=O)c1cccc(Cl)c1)S(C)(=O)=O. The highest BCUT2D eigenvalue weighted by molar-refractivity contribution is 7.88. The van der Waals surface area contributed by atoms with Crippen LogP contribution in [0.25, 0.3) is 0 Å². The molecule has 31 heavy (non-hydrogen) atoms. The van der Waals surface area contributed by atoms with E-state index in [9.17, 15) is 18.0 Å². The standard InChI is InChI=1S/C22H32ClN3O4S/c1-3-25(31(2,29)30)13-7-12-24-21(27)20-15-16-8-4-5-11-19(16)26(20)22(28)17-9-6-10-18(23)14-17/h6,9-10,14,16,19-20H,3-5,7-8,11-13,15H2,1-2H3,(H,24,27). The first kappa shape index (κ1) is 24.0. The number of nitrogens with zero attached hydrogens (tertiary/aromatic N) is 2. The fourth-order valence-electron chi connectivity index (χ4n) is 4.90. The number of carbonyl (C=O) groups excluding carboxylic acids is 2. The number of sulfonamides is 1. The van der Waals surface area contributed by atoms with E-state index in [4.69, 9.17) is 11.6 Å². The Kier molecular flexibility index (Phi) is 7.99. The maximum atomic E-state index is 13.4. The smallest absolute Gasteiger partial charge is 0.254 e. The topological polar surface area (TPSA) is 86.8 Å². The molecule has 1 aliphatic heterocycles. The van der Waals surface area contributed by atoms with Crippen LogP contribution in [0.1, 0.15) is 55.8 Å². The van der Waals surface area contributed by atoms with Crippen LogP contribution in [0.4, 0.5) is 0 Å². The van der Waals surface area contributed by atoms with Gasteiger partial charge in [-0.1, -0.05) is 37.4 Å². The minimum Gasteiger partial charge on any atom is -0.354 e. The largest absolute Gasteiger partial charge is 0.354 e. The van der Waals surface area contributed by atoms with E-state index in [1.807, 2.05) is 0 Å². The van der Waals surface area contributed by atoms with Crippen molar-refractivity contribution < 1.29 is 18.0 Å². The molecular formula is C22H32ClN3O4S. The van der Waals surface area contributed by atoms with Gasteiger partial charge in [-0.25, -0.2) is 12.7 Å². The molecule has 0 bridgehead atoms. The number of nitrogens with one attached hydrogen (secondary N) is 1. The second-order valence-corrected chi connectivity index (χ2v) is 10.9. The first-order chi connectivity index (χ1) is 14.7. The van der Waals surface area contributed by atoms with Gasteiger partial charge in [0.05, 0.1) is 6.26 Å². The van der Waals surface area contributed by atoms with Gasteiger partial charge < -0.3 is 10.2 Å². The lowest BCUT2D eigenvalue weighted by molar-refractivity contribution is -0.125. The summed E-state index contributed by atoms with van der Waals surface area (Å²) in [5.41, 5.74) is 0.503. The van der Waals surface area contributed by atoms with Gasteiger partial charge in [0.2, 0.25) is 15.9 Å². The summed E-state index contributed by atoms with van der Waals surface area (Å²) in [5, 5.41) is 3.43. The molecule has 0 radical (unpaired) electrons. The number of hydrogen-bond acceptors (Lipinski definition) is 4. The molecule has 1 N–H and O–H groups in total. The van der Waals surface area contributed by atoms with E-state index in [1.165, 1.54) is 10.6 Å². The Morgan fingerprint density at radius 1 is 1.26 bits per heavy atom. The highest BCUT2D eigenvalue weighted by atomic mass is 35.5. The quantitative estimate of drug-likeness (QED) is 0.593. The zero-order valence-corrected chi connectivity index (χ0v) is 19.8. The predicted molar refractivity (Wildman–Crippen MR) is 121 cm³/mol. The van der Waals surface area contributed by atoms with Gasteiger partial charge in [-0.05, 0) is 49.8 Å². The highest BCUT2D eigenvalue weighted by Crippen LogP contribution is 2.40. The summed E-state index contributed by atoms with van der Waals surface area (Å²) in [5.74, 6) is 0.0342. The minimum absolute atomic E-state index is 0.0804. The fourth-order valence-corrected chi connectivity index (χ4v) is 6.02. The van der Waals surface area contributed by atoms with Crippen molar-refractivity contribution in [3.05, 3.63) is 34.9 Å². The molecule has 2 aliphatic rings. The second kappa shape index (κ2) is 10.3. The molecule has 0 spiro atoms. The van der Waals surface area contributed by atoms with Crippen molar-refractivity contribution in [3.63, 3.8) is 0 Å². The monoisotopic (exact) mass is 469 g/mol. The molecule has 3 rings (SSSR count). The Morgan fingerprint density at radius 2 is 2.00 bits per heavy atom. The maximum Gasteiger partial charge on any atom is 0.254 e. The summed E-state index contributed by atoms with van der Waals surface area (Å²) in [7, 11) is -3.24. The van der Waals surface area contributed by atoms with Gasteiger partial charge in [-0.3, -0.25) is 9.59 Å². The third-order valence-electron chi connectivity index (χ3n) is 6.40. The van der Waals surface area contributed by atoms with Gasteiger partial charge in [0.25, 0.3) is 5.91 Å². The van der Waals surface area contributed by atoms with Crippen LogP contribution in [0.2, 0.25) is 5.02 Å². The van der Waals surface area contributed by atoms with Gasteiger partial charge >= 0.3 is 0 Å². The Morgan fingerprint density at radius 3 is 2.68 bits per heavy atom. The van der Waals surface area contributed by atoms with Crippen molar-refractivity contribution in [1.29, 1.82) is 0 Å². The van der Waals surface area contributed by atoms with Crippen molar-refractivity contribution in [2.75, 3.05) is 25.9 Å². The Hall–Kier alpha value is -1.64. The third-order valence-corrected chi connectivity index (χ3v) is 8.02. The molecule has 2 amide bonds. The van der Waals surface area contributed by atoms with Crippen molar-refractivity contribution in [1.82, 2.24) is 14.5 Å². The number of carbonyl (C=O) groups is 2. The molecule has 3 unspecified atom stereocenters. The molecule has 1 saturated heterocycles. The number of benzene rings is 1. The Bertz CT molecular complexity index is 908. The summed E-state index contributed by atoms with van der Waals surface area (Å²) in [6.45, 7) is 2.92. The molecule has 172 valence electrons. The summed E-state index contributed by atoms with van der Waals surface area (Å²) in [6, 6.07) is 6.45. The third kappa shape index (κ3) is 5.79. The van der Waals surface area contributed by atoms with Crippen LogP contribution in [0.15, 0.2) is 24.3 Å². The van der Waals surface area contributed by atoms with E-state index < -0.39 is 16.1 Å². The predicted octanol–water partition coefficient (Wildman–Crippen LogP) is 2.90. The van der Waals surface area contributed by atoms with Crippen LogP contribution in [0.3, 0.4) is 0 Å². The molecule has 1 aromatic carbocycles. The van der Waals surface area contributed by atoms with Gasteiger partial charge in [0, 0.05) is 36.3 Å². The van der Waals surface area contributed by atoms with Crippen LogP contribution in [0.5, 0.6) is 0 Å². The molecule has 2 fully saturated rings. The first-order valence-electron chi connectivity index (χ1n) is 11.0. The Labute approximate surface area is 190 Å². The second-order valence-electron chi connectivity index (χ2n) is 8.49. The van der Waals surface area contributed by atoms with E-state index in [0.29, 0.717) is 49.0 Å². The van der Waals surface area contributed by atoms with Gasteiger partial charge in [-0.2, -0.15) is 0 Å². The minimum atomic E-state index is -3.24. The lowest BCUT2D eigenvalue weighted by Gasteiger charge is -2.33. The average Bonchev–Trinajstić information content (AvgIpc) is 3.11. The van der Waals surface area contributed by atoms with Crippen molar-refractivity contribution in [2.45, 2.75) is 57.5 Å². The van der Waals surface area contributed by atoms with Crippen LogP contribution in [0, 0.1) is 5.92 Å². The van der Waals surface area contributed by atoms with Gasteiger partial charge in [0.15, 0.2) is 0 Å². The maximum absolute atomic E-state index is 13.4. The lowest BCUT2D eigenvalue weighted by Crippen LogP contribution is -2.49. The molecular weight excluding hydrogens is 438 g/mol. The van der Waals surface area contributed by atoms with Crippen LogP contribution in [-0.4, -0.2) is 67.4 Å². The highest BCUT2D eigenvalue weighted by Gasteiger charge is 2.47. The lowest BCUT2D eigenvalue weighted by atomic mass is 9.84. The summed E-state index contributed by atoms with van der Waals surface area (Å²) in [6.07, 6.45) is 6.53. The van der Waals surface area contributed by atoms with Crippen LogP contribution in [-0.2, 0) is 14.8 Å². The average molecular weight is 470 g/mol. The number of fused-ring (bicyclic) bond motifs is 1. The number of halogens is 1. The van der Waals surface area contributed by atoms with E-state index in [2.05, 4.69) is 5.32 Å². The molecule has 1 aromatic rings. The Balaban J connectivity index is 1.67. The van der Waals surface area contributed by atoms with Crippen LogP contribution >= 0.6 is 11.6 Å². The van der Waals surface area contributed by atoms with Gasteiger partial charge in [-0.15, -0.1) is 0 Å². The summed E-state index contributed by atoms with van der Waals surface area (Å²) < 4.78 is 24.8. The van der Waals surface area contributed by atoms with Crippen molar-refractivity contribution >= 4 is 33.4 Å². The first-order valence-corrected chi connectivity index (χ1v) is 13.3. The molecule has 7 nitrogen and oxygen atoms in total. The molecule has 1 saturated carbocycles. The molecule has 1 heterocycles. The van der Waals surface area contributed by atoms with E-state index >= 15 is 0 Å². The summed E-state index contributed by atoms with van der Waals surface area (Å²) in [4.78, 5) is 28.2. The molecule has 1 aliphatic carbocycles. The van der Waals surface area contributed by atoms with E-state index in [1.54, 1.807) is 36.1 Å². The van der Waals surface area contributed by atoms with E-state index in [0.717, 1.165) is 25.7 Å². The van der Waals surface area contributed by atoms with Crippen molar-refractivity contribution in [3.8, 4) is 0 Å². The van der Waals surface area contributed by atoms with Gasteiger partial charge in [0.1, 0.15) is 6.04 Å². The molecule has 0 aromatic heterocycles. The number of amides is 2. The van der Waals surface area contributed by atoms with E-state index in [-0.39, 0.29) is 17.9 Å². The number of rotatable bonds is 8.